The summed E-state index contributed by atoms with van der Waals surface area (Å²) in [7, 11) is 0. The molecule has 0 aliphatic carbocycles. The number of H-pyrrole nitrogens is 1. The lowest BCUT2D eigenvalue weighted by atomic mass is 9.95. The number of hydrogen-bond acceptors (Lipinski definition) is 3. The van der Waals surface area contributed by atoms with E-state index in [2.05, 4.69) is 35.8 Å². The zero-order valence-electron chi connectivity index (χ0n) is 11.2. The molecule has 0 amide bonds. The second-order valence-electron chi connectivity index (χ2n) is 4.85. The van der Waals surface area contributed by atoms with Crippen LogP contribution in [0.15, 0.2) is 18.6 Å². The van der Waals surface area contributed by atoms with Gasteiger partial charge in [0.25, 0.3) is 0 Å². The van der Waals surface area contributed by atoms with Crippen molar-refractivity contribution < 1.29 is 0 Å². The number of nitrogens with zero attached hydrogens (tertiary/aromatic N) is 3. The molecule has 0 fully saturated rings. The fraction of sp³-hybridized carbons (Fsp3) is 0.538. The Bertz CT molecular complexity index is 497. The molecule has 0 aliphatic rings. The molecule has 0 bridgehead atoms. The summed E-state index contributed by atoms with van der Waals surface area (Å²) in [5.41, 5.74) is 7.87. The zero-order valence-corrected chi connectivity index (χ0v) is 11.2. The van der Waals surface area contributed by atoms with Crippen molar-refractivity contribution in [3.63, 3.8) is 0 Å². The van der Waals surface area contributed by atoms with E-state index in [1.807, 2.05) is 23.3 Å². The van der Waals surface area contributed by atoms with Crippen LogP contribution in [-0.2, 0) is 6.54 Å². The Labute approximate surface area is 107 Å². The van der Waals surface area contributed by atoms with Crippen LogP contribution in [0.3, 0.4) is 0 Å². The topological polar surface area (TPSA) is 72.5 Å². The van der Waals surface area contributed by atoms with Crippen molar-refractivity contribution in [1.82, 2.24) is 19.7 Å². The molecule has 2 rings (SSSR count). The molecule has 2 aromatic heterocycles. The number of nitrogens with one attached hydrogen (secondary N) is 1. The summed E-state index contributed by atoms with van der Waals surface area (Å²) in [4.78, 5) is 7.80. The van der Waals surface area contributed by atoms with Crippen LogP contribution in [0.1, 0.15) is 32.5 Å². The van der Waals surface area contributed by atoms with Crippen LogP contribution < -0.4 is 5.73 Å². The van der Waals surface area contributed by atoms with E-state index >= 15 is 0 Å². The second-order valence-corrected chi connectivity index (χ2v) is 4.85. The Balaban J connectivity index is 2.24. The number of imidazole rings is 1. The average molecular weight is 247 g/mol. The Hall–Kier alpha value is -1.62. The van der Waals surface area contributed by atoms with Crippen LogP contribution >= 0.6 is 0 Å². The van der Waals surface area contributed by atoms with Gasteiger partial charge in [-0.1, -0.05) is 13.8 Å². The van der Waals surface area contributed by atoms with Gasteiger partial charge in [0.15, 0.2) is 0 Å². The van der Waals surface area contributed by atoms with Crippen LogP contribution in [0.5, 0.6) is 0 Å². The fourth-order valence-electron chi connectivity index (χ4n) is 2.05. The minimum atomic E-state index is 0.278. The Kier molecular flexibility index (Phi) is 3.81. The molecular weight excluding hydrogens is 226 g/mol. The van der Waals surface area contributed by atoms with Crippen molar-refractivity contribution in [2.75, 3.05) is 6.54 Å². The first-order valence-corrected chi connectivity index (χ1v) is 6.43. The average Bonchev–Trinajstić information content (AvgIpc) is 2.96. The molecule has 2 heterocycles. The fourth-order valence-corrected chi connectivity index (χ4v) is 2.05. The number of rotatable bonds is 5. The van der Waals surface area contributed by atoms with Crippen molar-refractivity contribution >= 4 is 0 Å². The molecule has 5 nitrogen and oxygen atoms in total. The van der Waals surface area contributed by atoms with Gasteiger partial charge in [0, 0.05) is 30.8 Å². The SMILES string of the molecule is CCn1cc(-c2cnc(C(CN)C(C)C)[nH]2)cn1. The van der Waals surface area contributed by atoms with Gasteiger partial charge in [-0.25, -0.2) is 4.98 Å². The largest absolute Gasteiger partial charge is 0.342 e. The maximum atomic E-state index is 5.80. The summed E-state index contributed by atoms with van der Waals surface area (Å²) < 4.78 is 1.90. The van der Waals surface area contributed by atoms with Crippen molar-refractivity contribution in [3.05, 3.63) is 24.4 Å². The van der Waals surface area contributed by atoms with Crippen LogP contribution in [0.4, 0.5) is 0 Å². The number of hydrogen-bond donors (Lipinski definition) is 2. The van der Waals surface area contributed by atoms with E-state index < -0.39 is 0 Å². The maximum Gasteiger partial charge on any atom is 0.111 e. The van der Waals surface area contributed by atoms with E-state index in [0.29, 0.717) is 12.5 Å². The summed E-state index contributed by atoms with van der Waals surface area (Å²) in [5, 5.41) is 4.26. The predicted molar refractivity (Wildman–Crippen MR) is 72.1 cm³/mol. The van der Waals surface area contributed by atoms with Gasteiger partial charge in [-0.3, -0.25) is 4.68 Å². The lowest BCUT2D eigenvalue weighted by molar-refractivity contribution is 0.487. The van der Waals surface area contributed by atoms with Gasteiger partial charge in [0.1, 0.15) is 5.82 Å². The van der Waals surface area contributed by atoms with Gasteiger partial charge in [-0.05, 0) is 12.8 Å². The molecule has 0 radical (unpaired) electrons. The normalized spacial score (nSPS) is 13.2. The number of aryl methyl sites for hydroxylation is 1. The molecule has 0 aromatic carbocycles. The third-order valence-electron chi connectivity index (χ3n) is 3.27. The van der Waals surface area contributed by atoms with Crippen molar-refractivity contribution in [3.8, 4) is 11.3 Å². The molecule has 1 atom stereocenters. The Morgan fingerprint density at radius 2 is 2.17 bits per heavy atom. The van der Waals surface area contributed by atoms with Crippen molar-refractivity contribution in [1.29, 1.82) is 0 Å². The third kappa shape index (κ3) is 2.46. The Morgan fingerprint density at radius 1 is 1.39 bits per heavy atom. The monoisotopic (exact) mass is 247 g/mol. The van der Waals surface area contributed by atoms with Crippen molar-refractivity contribution in [2.45, 2.75) is 33.2 Å². The second kappa shape index (κ2) is 5.35. The van der Waals surface area contributed by atoms with E-state index in [1.54, 1.807) is 0 Å². The highest BCUT2D eigenvalue weighted by Crippen LogP contribution is 2.23. The van der Waals surface area contributed by atoms with Gasteiger partial charge >= 0.3 is 0 Å². The van der Waals surface area contributed by atoms with E-state index in [1.165, 1.54) is 0 Å². The van der Waals surface area contributed by atoms with Gasteiger partial charge < -0.3 is 10.7 Å². The lowest BCUT2D eigenvalue weighted by Crippen LogP contribution is -2.19. The minimum Gasteiger partial charge on any atom is -0.342 e. The number of aromatic nitrogens is 4. The van der Waals surface area contributed by atoms with Crippen LogP contribution in [0.2, 0.25) is 0 Å². The summed E-state index contributed by atoms with van der Waals surface area (Å²) in [6.45, 7) is 7.87. The molecular formula is C13H21N5. The highest BCUT2D eigenvalue weighted by atomic mass is 15.3. The standard InChI is InChI=1S/C13H21N5/c1-4-18-8-10(6-16-18)12-7-15-13(17-12)11(5-14)9(2)3/h6-9,11H,4-5,14H2,1-3H3,(H,15,17). The first-order chi connectivity index (χ1) is 8.65. The summed E-state index contributed by atoms with van der Waals surface area (Å²) in [5.74, 6) is 1.72. The molecule has 5 heteroatoms. The summed E-state index contributed by atoms with van der Waals surface area (Å²) in [6, 6.07) is 0. The van der Waals surface area contributed by atoms with Gasteiger partial charge in [0.05, 0.1) is 18.1 Å². The lowest BCUT2D eigenvalue weighted by Gasteiger charge is -2.15. The molecule has 0 spiro atoms. The smallest absolute Gasteiger partial charge is 0.111 e. The first kappa shape index (κ1) is 12.8. The molecule has 98 valence electrons. The van der Waals surface area contributed by atoms with E-state index in [4.69, 9.17) is 5.73 Å². The van der Waals surface area contributed by atoms with Crippen LogP contribution in [-0.4, -0.2) is 26.3 Å². The number of nitrogens with two attached hydrogens (primary N) is 1. The highest BCUT2D eigenvalue weighted by Gasteiger charge is 2.17. The maximum absolute atomic E-state index is 5.80. The van der Waals surface area contributed by atoms with E-state index in [0.717, 1.165) is 23.6 Å². The van der Waals surface area contributed by atoms with Gasteiger partial charge in [0.2, 0.25) is 0 Å². The Morgan fingerprint density at radius 3 is 2.72 bits per heavy atom. The quantitative estimate of drug-likeness (QED) is 0.848. The van der Waals surface area contributed by atoms with Crippen molar-refractivity contribution in [2.24, 2.45) is 11.7 Å². The zero-order chi connectivity index (χ0) is 13.1. The highest BCUT2D eigenvalue weighted by molar-refractivity contribution is 5.56. The molecule has 0 saturated heterocycles. The molecule has 1 unspecified atom stereocenters. The van der Waals surface area contributed by atoms with E-state index in [-0.39, 0.29) is 5.92 Å². The van der Waals surface area contributed by atoms with Crippen LogP contribution in [0.25, 0.3) is 11.3 Å². The van der Waals surface area contributed by atoms with Gasteiger partial charge in [-0.2, -0.15) is 5.10 Å². The molecule has 2 aromatic rings. The summed E-state index contributed by atoms with van der Waals surface area (Å²) >= 11 is 0. The predicted octanol–water partition coefficient (Wildman–Crippen LogP) is 1.99. The van der Waals surface area contributed by atoms with E-state index in [9.17, 15) is 0 Å². The molecule has 0 saturated carbocycles. The molecule has 18 heavy (non-hydrogen) atoms. The van der Waals surface area contributed by atoms with Crippen LogP contribution in [0, 0.1) is 5.92 Å². The number of aromatic amines is 1. The summed E-state index contributed by atoms with van der Waals surface area (Å²) in [6.07, 6.45) is 5.73. The third-order valence-corrected chi connectivity index (χ3v) is 3.27. The van der Waals surface area contributed by atoms with Gasteiger partial charge in [-0.15, -0.1) is 0 Å². The molecule has 0 aliphatic heterocycles. The minimum absolute atomic E-state index is 0.278. The molecule has 3 N–H and O–H groups in total. The first-order valence-electron chi connectivity index (χ1n) is 6.43.